The molecule has 1 aromatic rings. The van der Waals surface area contributed by atoms with E-state index in [1.807, 2.05) is 24.1 Å². The lowest BCUT2D eigenvalue weighted by molar-refractivity contribution is 0.0698. The number of rotatable bonds is 4. The average molecular weight is 330 g/mol. The highest BCUT2D eigenvalue weighted by Crippen LogP contribution is 2.19. The monoisotopic (exact) mass is 330 g/mol. The highest BCUT2D eigenvalue weighted by molar-refractivity contribution is 5.94. The molecule has 2 fully saturated rings. The summed E-state index contributed by atoms with van der Waals surface area (Å²) in [5.41, 5.74) is 2.04. The molecule has 132 valence electrons. The van der Waals surface area contributed by atoms with Gasteiger partial charge in [-0.15, -0.1) is 0 Å². The van der Waals surface area contributed by atoms with Crippen LogP contribution in [0.15, 0.2) is 24.3 Å². The van der Waals surface area contributed by atoms with Crippen LogP contribution in [0.2, 0.25) is 0 Å². The first-order chi connectivity index (χ1) is 11.7. The second-order valence-electron chi connectivity index (χ2n) is 6.85. The predicted molar refractivity (Wildman–Crippen MR) is 98.8 cm³/mol. The molecule has 1 aromatic carbocycles. The third kappa shape index (κ3) is 3.90. The van der Waals surface area contributed by atoms with Crippen LogP contribution in [0, 0.1) is 0 Å². The normalized spacial score (nSPS) is 22.7. The second kappa shape index (κ2) is 7.99. The predicted octanol–water partition coefficient (Wildman–Crippen LogP) is 1.65. The van der Waals surface area contributed by atoms with Gasteiger partial charge in [-0.05, 0) is 50.7 Å². The summed E-state index contributed by atoms with van der Waals surface area (Å²) in [4.78, 5) is 19.6. The van der Waals surface area contributed by atoms with Crippen LogP contribution in [0.25, 0.3) is 0 Å². The van der Waals surface area contributed by atoms with Gasteiger partial charge in [0, 0.05) is 56.6 Å². The number of hydrogen-bond donors (Lipinski definition) is 1. The molecule has 0 bridgehead atoms. The summed E-state index contributed by atoms with van der Waals surface area (Å²) in [6, 6.07) is 8.62. The lowest BCUT2D eigenvalue weighted by atomic mass is 10.0. The number of likely N-dealkylation sites (N-methyl/N-ethyl adjacent to an activating group) is 2. The van der Waals surface area contributed by atoms with E-state index in [0.717, 1.165) is 64.2 Å². The number of piperidine rings is 1. The molecule has 2 heterocycles. The largest absolute Gasteiger partial charge is 0.369 e. The summed E-state index contributed by atoms with van der Waals surface area (Å²) in [5, 5.41) is 3.30. The number of nitrogens with one attached hydrogen (secondary N) is 1. The van der Waals surface area contributed by atoms with Crippen molar-refractivity contribution in [3.05, 3.63) is 29.8 Å². The molecule has 0 radical (unpaired) electrons. The number of nitrogens with zero attached hydrogens (tertiary/aromatic N) is 3. The average Bonchev–Trinajstić information content (AvgIpc) is 2.67. The Hall–Kier alpha value is -1.59. The number of amides is 1. The van der Waals surface area contributed by atoms with Crippen LogP contribution >= 0.6 is 0 Å². The number of benzene rings is 1. The van der Waals surface area contributed by atoms with Crippen LogP contribution < -0.4 is 10.2 Å². The van der Waals surface area contributed by atoms with E-state index in [0.29, 0.717) is 6.04 Å². The van der Waals surface area contributed by atoms with E-state index >= 15 is 0 Å². The summed E-state index contributed by atoms with van der Waals surface area (Å²) in [7, 11) is 1.98. The molecule has 3 rings (SSSR count). The maximum atomic E-state index is 12.7. The zero-order valence-electron chi connectivity index (χ0n) is 15.0. The molecule has 5 nitrogen and oxygen atoms in total. The van der Waals surface area contributed by atoms with Crippen molar-refractivity contribution in [1.82, 2.24) is 15.1 Å². The van der Waals surface area contributed by atoms with Gasteiger partial charge >= 0.3 is 0 Å². The van der Waals surface area contributed by atoms with Gasteiger partial charge < -0.3 is 20.0 Å². The third-order valence-corrected chi connectivity index (χ3v) is 5.42. The molecule has 1 amide bonds. The van der Waals surface area contributed by atoms with E-state index in [4.69, 9.17) is 0 Å². The van der Waals surface area contributed by atoms with Crippen molar-refractivity contribution in [2.45, 2.75) is 25.8 Å². The van der Waals surface area contributed by atoms with E-state index in [9.17, 15) is 4.79 Å². The first kappa shape index (κ1) is 17.2. The van der Waals surface area contributed by atoms with Gasteiger partial charge in [0.25, 0.3) is 5.91 Å². The van der Waals surface area contributed by atoms with E-state index in [-0.39, 0.29) is 5.91 Å². The zero-order chi connectivity index (χ0) is 16.9. The van der Waals surface area contributed by atoms with Gasteiger partial charge in [0.05, 0.1) is 0 Å². The van der Waals surface area contributed by atoms with Crippen molar-refractivity contribution in [2.75, 3.05) is 57.8 Å². The topological polar surface area (TPSA) is 38.8 Å². The number of carbonyl (C=O) groups excluding carboxylic acids is 1. The van der Waals surface area contributed by atoms with Gasteiger partial charge in [-0.1, -0.05) is 6.92 Å². The Balaban J connectivity index is 1.61. The molecular weight excluding hydrogens is 300 g/mol. The molecule has 2 aliphatic rings. The molecule has 5 heteroatoms. The summed E-state index contributed by atoms with van der Waals surface area (Å²) in [5.74, 6) is 0.164. The van der Waals surface area contributed by atoms with Crippen LogP contribution in [-0.4, -0.2) is 74.6 Å². The number of likely N-dealkylation sites (tertiary alicyclic amines) is 1. The lowest BCUT2D eigenvalue weighted by Crippen LogP contribution is -2.47. The molecular formula is C19H30N4O. The molecule has 0 unspecified atom stereocenters. The smallest absolute Gasteiger partial charge is 0.253 e. The fourth-order valence-corrected chi connectivity index (χ4v) is 3.72. The van der Waals surface area contributed by atoms with Gasteiger partial charge in [0.15, 0.2) is 0 Å². The Labute approximate surface area is 145 Å². The Kier molecular flexibility index (Phi) is 5.74. The number of piperazine rings is 1. The Morgan fingerprint density at radius 1 is 1.12 bits per heavy atom. The van der Waals surface area contributed by atoms with E-state index in [2.05, 4.69) is 34.2 Å². The molecule has 2 aliphatic heterocycles. The molecule has 0 saturated carbocycles. The van der Waals surface area contributed by atoms with Crippen molar-refractivity contribution in [3.63, 3.8) is 0 Å². The number of carbonyl (C=O) groups is 1. The van der Waals surface area contributed by atoms with E-state index < -0.39 is 0 Å². The van der Waals surface area contributed by atoms with Crippen LogP contribution in [0.3, 0.4) is 0 Å². The van der Waals surface area contributed by atoms with Gasteiger partial charge in [-0.2, -0.15) is 0 Å². The highest BCUT2D eigenvalue weighted by Gasteiger charge is 2.23. The van der Waals surface area contributed by atoms with E-state index in [1.165, 1.54) is 5.69 Å². The number of hydrogen-bond acceptors (Lipinski definition) is 4. The highest BCUT2D eigenvalue weighted by atomic mass is 16.2. The SMILES string of the molecule is CCN1CCN(c2ccc(C(=O)N3CCC[C@H](NC)C3)cc2)CC1. The van der Waals surface area contributed by atoms with Gasteiger partial charge in [0.1, 0.15) is 0 Å². The van der Waals surface area contributed by atoms with Crippen LogP contribution in [0.5, 0.6) is 0 Å². The fourth-order valence-electron chi connectivity index (χ4n) is 3.72. The molecule has 0 aromatic heterocycles. The zero-order valence-corrected chi connectivity index (χ0v) is 15.0. The molecule has 2 saturated heterocycles. The fraction of sp³-hybridized carbons (Fsp3) is 0.632. The second-order valence-corrected chi connectivity index (χ2v) is 6.85. The minimum Gasteiger partial charge on any atom is -0.369 e. The maximum Gasteiger partial charge on any atom is 0.253 e. The van der Waals surface area contributed by atoms with Crippen molar-refractivity contribution in [2.24, 2.45) is 0 Å². The minimum absolute atomic E-state index is 0.164. The van der Waals surface area contributed by atoms with Crippen molar-refractivity contribution in [1.29, 1.82) is 0 Å². The quantitative estimate of drug-likeness (QED) is 0.911. The van der Waals surface area contributed by atoms with Crippen LogP contribution in [-0.2, 0) is 0 Å². The van der Waals surface area contributed by atoms with Gasteiger partial charge in [-0.3, -0.25) is 4.79 Å². The van der Waals surface area contributed by atoms with Crippen molar-refractivity contribution in [3.8, 4) is 0 Å². The number of anilines is 1. The standard InChI is InChI=1S/C19H30N4O/c1-3-21-11-13-22(14-12-21)18-8-6-16(7-9-18)19(24)23-10-4-5-17(15-23)20-2/h6-9,17,20H,3-5,10-15H2,1-2H3/t17-/m0/s1. The Morgan fingerprint density at radius 2 is 1.83 bits per heavy atom. The van der Waals surface area contributed by atoms with Crippen molar-refractivity contribution < 1.29 is 4.79 Å². The molecule has 0 spiro atoms. The third-order valence-electron chi connectivity index (χ3n) is 5.42. The summed E-state index contributed by atoms with van der Waals surface area (Å²) in [6.07, 6.45) is 2.24. The molecule has 1 atom stereocenters. The van der Waals surface area contributed by atoms with Gasteiger partial charge in [-0.25, -0.2) is 0 Å². The van der Waals surface area contributed by atoms with Crippen molar-refractivity contribution >= 4 is 11.6 Å². The summed E-state index contributed by atoms with van der Waals surface area (Å²) >= 11 is 0. The summed E-state index contributed by atoms with van der Waals surface area (Å²) < 4.78 is 0. The maximum absolute atomic E-state index is 12.7. The minimum atomic E-state index is 0.164. The molecule has 1 N–H and O–H groups in total. The van der Waals surface area contributed by atoms with Crippen LogP contribution in [0.4, 0.5) is 5.69 Å². The first-order valence-electron chi connectivity index (χ1n) is 9.25. The molecule has 24 heavy (non-hydrogen) atoms. The summed E-state index contributed by atoms with van der Waals surface area (Å²) in [6.45, 7) is 9.41. The van der Waals surface area contributed by atoms with Gasteiger partial charge in [0.2, 0.25) is 0 Å². The van der Waals surface area contributed by atoms with E-state index in [1.54, 1.807) is 0 Å². The molecule has 0 aliphatic carbocycles. The Bertz CT molecular complexity index is 537. The first-order valence-corrected chi connectivity index (χ1v) is 9.25. The lowest BCUT2D eigenvalue weighted by Gasteiger charge is -2.35. The Morgan fingerprint density at radius 3 is 2.46 bits per heavy atom. The van der Waals surface area contributed by atoms with Crippen LogP contribution in [0.1, 0.15) is 30.1 Å².